The highest BCUT2D eigenvalue weighted by Crippen LogP contribution is 2.57. The maximum Gasteiger partial charge on any atom is 0.245 e. The molecule has 0 radical (unpaired) electrons. The van der Waals surface area contributed by atoms with Crippen molar-refractivity contribution in [2.75, 3.05) is 33.8 Å². The number of hydrogen-bond donors (Lipinski definition) is 3. The molecule has 2 heterocycles. The molecule has 11 nitrogen and oxygen atoms in total. The predicted molar refractivity (Wildman–Crippen MR) is 265 cm³/mol. The summed E-state index contributed by atoms with van der Waals surface area (Å²) in [7, 11) is 3.90. The lowest BCUT2D eigenvalue weighted by Crippen LogP contribution is -2.73. The zero-order chi connectivity index (χ0) is 48.5. The molecule has 2 amide bonds. The average molecular weight is 928 g/mol. The second-order valence-electron chi connectivity index (χ2n) is 20.3. The Hall–Kier alpha value is -4.98. The molecule has 4 aromatic rings. The summed E-state index contributed by atoms with van der Waals surface area (Å²) in [5.74, 6) is -1.75. The molecule has 4 aromatic carbocycles. The van der Waals surface area contributed by atoms with Crippen molar-refractivity contribution in [2.45, 2.75) is 134 Å². The summed E-state index contributed by atoms with van der Waals surface area (Å²) < 4.78 is 35.7. The topological polar surface area (TPSA) is 128 Å². The fourth-order valence-corrected chi connectivity index (χ4v) is 9.69. The smallest absolute Gasteiger partial charge is 0.245 e. The summed E-state index contributed by atoms with van der Waals surface area (Å²) in [5, 5.41) is 18.1. The molecule has 0 aromatic heterocycles. The van der Waals surface area contributed by atoms with E-state index in [2.05, 4.69) is 54.8 Å². The van der Waals surface area contributed by atoms with Crippen molar-refractivity contribution in [3.05, 3.63) is 166 Å². The first-order valence-electron chi connectivity index (χ1n) is 24.3. The Morgan fingerprint density at radius 3 is 1.87 bits per heavy atom. The number of hydrogen-bond acceptors (Lipinski definition) is 9. The molecule has 0 saturated carbocycles. The van der Waals surface area contributed by atoms with Crippen LogP contribution in [0.3, 0.4) is 0 Å². The van der Waals surface area contributed by atoms with E-state index in [1.807, 2.05) is 110 Å². The molecule has 2 bridgehead atoms. The van der Waals surface area contributed by atoms with E-state index in [4.69, 9.17) is 23.7 Å². The number of likely N-dealkylation sites (N-methyl/N-ethyl adjacent to an activating group) is 1. The van der Waals surface area contributed by atoms with Crippen molar-refractivity contribution >= 4 is 11.8 Å². The number of aliphatic hydroxyl groups is 1. The molecule has 6 atom stereocenters. The fraction of sp³-hybridized carbons (Fsp3) is 0.474. The molecule has 3 N–H and O–H groups in total. The molecule has 2 fully saturated rings. The first-order valence-corrected chi connectivity index (χ1v) is 24.3. The van der Waals surface area contributed by atoms with E-state index in [1.54, 1.807) is 27.7 Å². The number of benzene rings is 4. The predicted octanol–water partition coefficient (Wildman–Crippen LogP) is 8.43. The lowest BCUT2D eigenvalue weighted by molar-refractivity contribution is -0.352. The van der Waals surface area contributed by atoms with Gasteiger partial charge in [0.15, 0.2) is 5.60 Å². The van der Waals surface area contributed by atoms with E-state index in [0.717, 1.165) is 52.8 Å². The Balaban J connectivity index is 1.14. The van der Waals surface area contributed by atoms with Crippen LogP contribution in [0.5, 0.6) is 0 Å². The van der Waals surface area contributed by atoms with Crippen molar-refractivity contribution in [1.29, 1.82) is 0 Å². The summed E-state index contributed by atoms with van der Waals surface area (Å²) in [6.45, 7) is 13.6. The van der Waals surface area contributed by atoms with Crippen LogP contribution in [0.4, 0.5) is 0 Å². The van der Waals surface area contributed by atoms with Crippen molar-refractivity contribution in [3.8, 4) is 0 Å². The molecule has 11 heteroatoms. The van der Waals surface area contributed by atoms with Crippen LogP contribution in [-0.4, -0.2) is 96.5 Å². The van der Waals surface area contributed by atoms with Gasteiger partial charge in [0, 0.05) is 19.5 Å². The SMILES string of the molecule is CC1=C(Cc2ccc(CCCC(=O)NC(C)(C)C(=O)NCCN(C)C)cc2)C=C([C@]23OC[C@](C(C)(C)O)(O2)[C@@H](OCc2ccccc2)[C@H](OCc2ccccc2)[C@H]3OCc2ccccc2)C(C)C1. The van der Waals surface area contributed by atoms with Gasteiger partial charge in [0.1, 0.15) is 23.9 Å². The van der Waals surface area contributed by atoms with Gasteiger partial charge >= 0.3 is 0 Å². The maximum atomic E-state index is 12.9. The van der Waals surface area contributed by atoms with Crippen LogP contribution >= 0.6 is 0 Å². The first-order chi connectivity index (χ1) is 32.5. The molecule has 1 aliphatic carbocycles. The van der Waals surface area contributed by atoms with Gasteiger partial charge < -0.3 is 44.3 Å². The van der Waals surface area contributed by atoms with Crippen LogP contribution in [0.1, 0.15) is 88.6 Å². The van der Waals surface area contributed by atoms with Gasteiger partial charge in [-0.05, 0) is 119 Å². The van der Waals surface area contributed by atoms with Crippen molar-refractivity contribution in [3.63, 3.8) is 0 Å². The van der Waals surface area contributed by atoms with E-state index in [1.165, 1.54) is 11.1 Å². The molecule has 7 rings (SSSR count). The third-order valence-electron chi connectivity index (χ3n) is 13.7. The minimum atomic E-state index is -1.42. The van der Waals surface area contributed by atoms with E-state index in [9.17, 15) is 14.7 Å². The molecule has 0 spiro atoms. The lowest BCUT2D eigenvalue weighted by atomic mass is 9.72. The minimum absolute atomic E-state index is 0.0124. The molecular weight excluding hydrogens is 855 g/mol. The first kappa shape index (κ1) is 50.9. The van der Waals surface area contributed by atoms with Crippen LogP contribution in [0.15, 0.2) is 138 Å². The monoisotopic (exact) mass is 928 g/mol. The third-order valence-corrected chi connectivity index (χ3v) is 13.7. The summed E-state index contributed by atoms with van der Waals surface area (Å²) >= 11 is 0. The maximum absolute atomic E-state index is 12.9. The Labute approximate surface area is 404 Å². The number of nitrogens with zero attached hydrogens (tertiary/aromatic N) is 1. The Kier molecular flexibility index (Phi) is 16.6. The van der Waals surface area contributed by atoms with Crippen LogP contribution in [0.25, 0.3) is 0 Å². The number of aryl methyl sites for hydroxylation is 1. The average Bonchev–Trinajstić information content (AvgIpc) is 3.68. The number of nitrogens with one attached hydrogen (secondary N) is 2. The normalized spacial score (nSPS) is 23.9. The van der Waals surface area contributed by atoms with Gasteiger partial charge in [-0.1, -0.05) is 134 Å². The molecule has 2 saturated heterocycles. The van der Waals surface area contributed by atoms with E-state index >= 15 is 0 Å². The van der Waals surface area contributed by atoms with Crippen LogP contribution < -0.4 is 10.6 Å². The van der Waals surface area contributed by atoms with Gasteiger partial charge in [-0.25, -0.2) is 0 Å². The van der Waals surface area contributed by atoms with Gasteiger partial charge in [-0.2, -0.15) is 0 Å². The van der Waals surface area contributed by atoms with Gasteiger partial charge in [0.2, 0.25) is 17.6 Å². The van der Waals surface area contributed by atoms with Crippen molar-refractivity contribution in [1.82, 2.24) is 15.5 Å². The zero-order valence-corrected chi connectivity index (χ0v) is 41.4. The molecule has 3 aliphatic rings. The van der Waals surface area contributed by atoms with Crippen LogP contribution in [0.2, 0.25) is 0 Å². The third kappa shape index (κ3) is 12.1. The number of carbonyl (C=O) groups is 2. The fourth-order valence-electron chi connectivity index (χ4n) is 9.69. The lowest BCUT2D eigenvalue weighted by Gasteiger charge is -2.55. The molecular formula is C57H73N3O8. The highest BCUT2D eigenvalue weighted by molar-refractivity contribution is 5.90. The summed E-state index contributed by atoms with van der Waals surface area (Å²) in [6.07, 6.45) is 3.14. The highest BCUT2D eigenvalue weighted by Gasteiger charge is 2.74. The number of ether oxygens (including phenoxy) is 5. The minimum Gasteiger partial charge on any atom is -0.387 e. The van der Waals surface area contributed by atoms with E-state index in [0.29, 0.717) is 25.8 Å². The number of allylic oxidation sites excluding steroid dienone is 3. The molecule has 68 heavy (non-hydrogen) atoms. The van der Waals surface area contributed by atoms with Gasteiger partial charge in [-0.3, -0.25) is 9.59 Å². The molecule has 1 unspecified atom stereocenters. The van der Waals surface area contributed by atoms with Gasteiger partial charge in [0.05, 0.1) is 32.0 Å². The molecule has 2 aliphatic heterocycles. The summed E-state index contributed by atoms with van der Waals surface area (Å²) in [6, 6.07) is 38.8. The zero-order valence-electron chi connectivity index (χ0n) is 41.4. The van der Waals surface area contributed by atoms with Gasteiger partial charge in [-0.15, -0.1) is 0 Å². The van der Waals surface area contributed by atoms with Crippen molar-refractivity contribution < 1.29 is 38.4 Å². The Bertz CT molecular complexity index is 2340. The quantitative estimate of drug-likeness (QED) is 0.0712. The second-order valence-corrected chi connectivity index (χ2v) is 20.3. The largest absolute Gasteiger partial charge is 0.387 e. The summed E-state index contributed by atoms with van der Waals surface area (Å²) in [5.41, 5.74) is 4.93. The Morgan fingerprint density at radius 1 is 0.765 bits per heavy atom. The standard InChI is InChI=1S/C57H73N3O8/c1-40-33-41(2)48(35-47(40)34-43-29-27-42(28-30-43)25-18-26-49(61)59-54(3,4)53(62)58-31-32-60(7)8)57-52(66-38-46-23-16-11-17-24-46)50(64-36-44-19-12-9-13-20-44)51(65-37-45-21-14-10-15-22-45)56(68-57,39-67-57)55(5,6)63/h9-17,19-24,27-30,35,41,50-52,63H,18,25-26,31-34,36-39H2,1-8H3,(H,58,62)(H,59,61)/t41?,50-,51-,52+,56-,57-/m0/s1. The van der Waals surface area contributed by atoms with Crippen LogP contribution in [-0.2, 0) is 65.9 Å². The number of amides is 2. The number of rotatable bonds is 22. The number of fused-ring (bicyclic) bond motifs is 2. The van der Waals surface area contributed by atoms with Gasteiger partial charge in [0.25, 0.3) is 0 Å². The van der Waals surface area contributed by atoms with E-state index < -0.39 is 40.8 Å². The molecule has 364 valence electrons. The number of carbonyl (C=O) groups excluding carboxylic acids is 2. The van der Waals surface area contributed by atoms with E-state index in [-0.39, 0.29) is 44.2 Å². The second kappa shape index (κ2) is 22.2. The van der Waals surface area contributed by atoms with Crippen LogP contribution in [0, 0.1) is 5.92 Å². The highest BCUT2D eigenvalue weighted by atomic mass is 16.8. The Morgan fingerprint density at radius 2 is 1.31 bits per heavy atom. The summed E-state index contributed by atoms with van der Waals surface area (Å²) in [4.78, 5) is 27.6. The van der Waals surface area contributed by atoms with Crippen molar-refractivity contribution in [2.24, 2.45) is 5.92 Å².